The van der Waals surface area contributed by atoms with Crippen LogP contribution in [0.5, 0.6) is 0 Å². The van der Waals surface area contributed by atoms with Crippen LogP contribution in [0.15, 0.2) is 28.7 Å². The van der Waals surface area contributed by atoms with E-state index in [9.17, 15) is 4.79 Å². The Balaban J connectivity index is 2.41. The topological polar surface area (TPSA) is 52.3 Å². The molecule has 0 aliphatic heterocycles. The molecule has 0 fully saturated rings. The third kappa shape index (κ3) is 2.38. The maximum absolute atomic E-state index is 11.6. The Hall–Kier alpha value is -1.81. The van der Waals surface area contributed by atoms with E-state index in [1.165, 1.54) is 0 Å². The summed E-state index contributed by atoms with van der Waals surface area (Å²) in [7, 11) is 0. The van der Waals surface area contributed by atoms with Crippen LogP contribution in [-0.2, 0) is 4.74 Å². The molecule has 0 atom stereocenters. The highest BCUT2D eigenvalue weighted by Crippen LogP contribution is 2.28. The van der Waals surface area contributed by atoms with Gasteiger partial charge in [0.05, 0.1) is 22.9 Å². The Morgan fingerprint density at radius 1 is 1.44 bits per heavy atom. The van der Waals surface area contributed by atoms with Gasteiger partial charge in [-0.25, -0.2) is 9.78 Å². The Morgan fingerprint density at radius 2 is 2.17 bits per heavy atom. The maximum atomic E-state index is 11.6. The lowest BCUT2D eigenvalue weighted by Gasteiger charge is -1.98. The average Bonchev–Trinajstić information content (AvgIpc) is 2.72. The molecule has 0 aliphatic rings. The predicted octanol–water partition coefficient (Wildman–Crippen LogP) is 3.48. The molecular formula is C13H12ClNO3. The van der Waals surface area contributed by atoms with Crippen molar-refractivity contribution in [1.82, 2.24) is 4.98 Å². The number of hydrogen-bond donors (Lipinski definition) is 0. The summed E-state index contributed by atoms with van der Waals surface area (Å²) in [5, 5.41) is 0.522. The molecular weight excluding hydrogens is 254 g/mol. The number of carbonyl (C=O) groups is 1. The van der Waals surface area contributed by atoms with Gasteiger partial charge in [-0.15, -0.1) is 0 Å². The molecule has 0 amide bonds. The predicted molar refractivity (Wildman–Crippen MR) is 67.6 cm³/mol. The average molecular weight is 266 g/mol. The van der Waals surface area contributed by atoms with Crippen molar-refractivity contribution in [2.45, 2.75) is 13.8 Å². The van der Waals surface area contributed by atoms with Crippen molar-refractivity contribution < 1.29 is 13.9 Å². The lowest BCUT2D eigenvalue weighted by atomic mass is 10.2. The second-order valence-corrected chi connectivity index (χ2v) is 4.04. The van der Waals surface area contributed by atoms with Crippen LogP contribution in [0.3, 0.4) is 0 Å². The van der Waals surface area contributed by atoms with Gasteiger partial charge in [0.15, 0.2) is 0 Å². The zero-order chi connectivity index (χ0) is 13.1. The second kappa shape index (κ2) is 5.23. The molecule has 2 rings (SSSR count). The highest BCUT2D eigenvalue weighted by molar-refractivity contribution is 6.33. The molecule has 0 saturated carbocycles. The van der Waals surface area contributed by atoms with Gasteiger partial charge in [-0.2, -0.15) is 0 Å². The first kappa shape index (κ1) is 12.6. The SMILES string of the molecule is CCOC(=O)c1oc(-c2ccccc2Cl)nc1C. The Morgan fingerprint density at radius 3 is 2.83 bits per heavy atom. The van der Waals surface area contributed by atoms with Crippen LogP contribution in [0.25, 0.3) is 11.5 Å². The van der Waals surface area contributed by atoms with Crippen LogP contribution in [0.2, 0.25) is 5.02 Å². The fourth-order valence-corrected chi connectivity index (χ4v) is 1.75. The lowest BCUT2D eigenvalue weighted by molar-refractivity contribution is 0.0490. The summed E-state index contributed by atoms with van der Waals surface area (Å²) in [6, 6.07) is 7.15. The molecule has 1 aromatic heterocycles. The summed E-state index contributed by atoms with van der Waals surface area (Å²) in [6.45, 7) is 3.72. The van der Waals surface area contributed by atoms with E-state index in [1.807, 2.05) is 12.1 Å². The van der Waals surface area contributed by atoms with Crippen molar-refractivity contribution in [3.8, 4) is 11.5 Å². The van der Waals surface area contributed by atoms with Gasteiger partial charge in [-0.1, -0.05) is 23.7 Å². The first-order valence-corrected chi connectivity index (χ1v) is 5.90. The standard InChI is InChI=1S/C13H12ClNO3/c1-3-17-13(16)11-8(2)15-12(18-11)9-6-4-5-7-10(9)14/h4-7H,3H2,1-2H3. The maximum Gasteiger partial charge on any atom is 0.376 e. The fourth-order valence-electron chi connectivity index (χ4n) is 1.53. The molecule has 94 valence electrons. The molecule has 5 heteroatoms. The van der Waals surface area contributed by atoms with Gasteiger partial charge in [0.1, 0.15) is 0 Å². The normalized spacial score (nSPS) is 10.4. The number of carbonyl (C=O) groups excluding carboxylic acids is 1. The Bertz CT molecular complexity index is 577. The molecule has 0 unspecified atom stereocenters. The first-order chi connectivity index (χ1) is 8.63. The number of ether oxygens (including phenoxy) is 1. The Labute approximate surface area is 110 Å². The molecule has 4 nitrogen and oxygen atoms in total. The van der Waals surface area contributed by atoms with E-state index in [4.69, 9.17) is 20.8 Å². The molecule has 0 saturated heterocycles. The summed E-state index contributed by atoms with van der Waals surface area (Å²) in [5.41, 5.74) is 1.14. The van der Waals surface area contributed by atoms with Crippen LogP contribution in [0, 0.1) is 6.92 Å². The minimum atomic E-state index is -0.513. The monoisotopic (exact) mass is 265 g/mol. The quantitative estimate of drug-likeness (QED) is 0.797. The number of benzene rings is 1. The van der Waals surface area contributed by atoms with Crippen molar-refractivity contribution in [3.63, 3.8) is 0 Å². The summed E-state index contributed by atoms with van der Waals surface area (Å²) >= 11 is 6.04. The summed E-state index contributed by atoms with van der Waals surface area (Å²) in [4.78, 5) is 15.8. The number of aromatic nitrogens is 1. The number of oxazole rings is 1. The molecule has 0 aliphatic carbocycles. The second-order valence-electron chi connectivity index (χ2n) is 3.63. The van der Waals surface area contributed by atoms with Crippen molar-refractivity contribution >= 4 is 17.6 Å². The van der Waals surface area contributed by atoms with Crippen LogP contribution >= 0.6 is 11.6 Å². The van der Waals surface area contributed by atoms with E-state index >= 15 is 0 Å². The third-order valence-corrected chi connectivity index (χ3v) is 2.69. The fraction of sp³-hybridized carbons (Fsp3) is 0.231. The highest BCUT2D eigenvalue weighted by atomic mass is 35.5. The number of esters is 1. The van der Waals surface area contributed by atoms with Crippen molar-refractivity contribution in [2.75, 3.05) is 6.61 Å². The zero-order valence-corrected chi connectivity index (χ0v) is 10.8. The van der Waals surface area contributed by atoms with Crippen molar-refractivity contribution in [1.29, 1.82) is 0 Å². The van der Waals surface area contributed by atoms with Crippen molar-refractivity contribution in [3.05, 3.63) is 40.7 Å². The van der Waals surface area contributed by atoms with Gasteiger partial charge >= 0.3 is 5.97 Å². The van der Waals surface area contributed by atoms with E-state index in [0.717, 1.165) is 0 Å². The largest absolute Gasteiger partial charge is 0.460 e. The van der Waals surface area contributed by atoms with E-state index in [2.05, 4.69) is 4.98 Å². The van der Waals surface area contributed by atoms with Crippen molar-refractivity contribution in [2.24, 2.45) is 0 Å². The summed E-state index contributed by atoms with van der Waals surface area (Å²) in [5.74, 6) is -0.0753. The number of aryl methyl sites for hydroxylation is 1. The van der Waals surface area contributed by atoms with E-state index in [-0.39, 0.29) is 5.76 Å². The van der Waals surface area contributed by atoms with Gasteiger partial charge < -0.3 is 9.15 Å². The first-order valence-electron chi connectivity index (χ1n) is 5.53. The Kier molecular flexibility index (Phi) is 3.67. The van der Waals surface area contributed by atoms with Gasteiger partial charge in [-0.05, 0) is 26.0 Å². The van der Waals surface area contributed by atoms with E-state index in [1.54, 1.807) is 26.0 Å². The third-order valence-electron chi connectivity index (χ3n) is 2.36. The van der Waals surface area contributed by atoms with Gasteiger partial charge in [0, 0.05) is 0 Å². The molecule has 2 aromatic rings. The minimum Gasteiger partial charge on any atom is -0.460 e. The highest BCUT2D eigenvalue weighted by Gasteiger charge is 2.20. The number of hydrogen-bond acceptors (Lipinski definition) is 4. The smallest absolute Gasteiger partial charge is 0.376 e. The zero-order valence-electron chi connectivity index (χ0n) is 10.1. The molecule has 18 heavy (non-hydrogen) atoms. The van der Waals surface area contributed by atoms with Gasteiger partial charge in [-0.3, -0.25) is 0 Å². The van der Waals surface area contributed by atoms with E-state index < -0.39 is 5.97 Å². The van der Waals surface area contributed by atoms with Gasteiger partial charge in [0.25, 0.3) is 0 Å². The molecule has 0 bridgehead atoms. The summed E-state index contributed by atoms with van der Waals surface area (Å²) in [6.07, 6.45) is 0. The van der Waals surface area contributed by atoms with Gasteiger partial charge in [0.2, 0.25) is 11.7 Å². The van der Waals surface area contributed by atoms with Crippen LogP contribution in [0.4, 0.5) is 0 Å². The van der Waals surface area contributed by atoms with E-state index in [0.29, 0.717) is 28.8 Å². The number of nitrogens with zero attached hydrogens (tertiary/aromatic N) is 1. The molecule has 0 N–H and O–H groups in total. The molecule has 1 heterocycles. The number of rotatable bonds is 3. The van der Waals surface area contributed by atoms with Crippen LogP contribution in [-0.4, -0.2) is 17.6 Å². The molecule has 0 spiro atoms. The summed E-state index contributed by atoms with van der Waals surface area (Å²) < 4.78 is 10.3. The molecule has 0 radical (unpaired) electrons. The lowest BCUT2D eigenvalue weighted by Crippen LogP contribution is -2.04. The molecule has 1 aromatic carbocycles. The minimum absolute atomic E-state index is 0.117. The van der Waals surface area contributed by atoms with Crippen LogP contribution < -0.4 is 0 Å². The van der Waals surface area contributed by atoms with Crippen LogP contribution in [0.1, 0.15) is 23.2 Å². The number of halogens is 1.